The Morgan fingerprint density at radius 3 is 2.35 bits per heavy atom. The van der Waals surface area contributed by atoms with Crippen LogP contribution in [0.1, 0.15) is 41.6 Å². The highest BCUT2D eigenvalue weighted by Gasteiger charge is 2.30. The van der Waals surface area contributed by atoms with E-state index in [1.807, 2.05) is 24.3 Å². The van der Waals surface area contributed by atoms with Crippen molar-refractivity contribution in [1.29, 1.82) is 0 Å². The third kappa shape index (κ3) is 4.47. The van der Waals surface area contributed by atoms with E-state index in [-0.39, 0.29) is 18.0 Å². The molecular formula is C22H24FN3O4S. The van der Waals surface area contributed by atoms with Crippen LogP contribution in [0.3, 0.4) is 0 Å². The fraction of sp³-hybridized carbons (Fsp3) is 0.364. The van der Waals surface area contributed by atoms with Gasteiger partial charge in [0.1, 0.15) is 10.7 Å². The number of hydrogen-bond acceptors (Lipinski definition) is 4. The third-order valence-electron chi connectivity index (χ3n) is 5.65. The van der Waals surface area contributed by atoms with Crippen molar-refractivity contribution in [2.75, 3.05) is 24.5 Å². The number of sulfonamides is 1. The summed E-state index contributed by atoms with van der Waals surface area (Å²) in [6.07, 6.45) is 2.90. The van der Waals surface area contributed by atoms with Crippen molar-refractivity contribution < 1.29 is 22.4 Å². The van der Waals surface area contributed by atoms with Gasteiger partial charge in [0.05, 0.1) is 0 Å². The molecule has 7 nitrogen and oxygen atoms in total. The first-order chi connectivity index (χ1) is 14.9. The molecule has 0 spiro atoms. The maximum absolute atomic E-state index is 14.3. The number of amides is 2. The Labute approximate surface area is 180 Å². The fourth-order valence-electron chi connectivity index (χ4n) is 3.91. The monoisotopic (exact) mass is 445 g/mol. The first-order valence-corrected chi connectivity index (χ1v) is 11.8. The second-order valence-electron chi connectivity index (χ2n) is 7.75. The van der Waals surface area contributed by atoms with Gasteiger partial charge in [-0.1, -0.05) is 12.1 Å². The molecule has 1 N–H and O–H groups in total. The molecular weight excluding hydrogens is 421 g/mol. The Morgan fingerprint density at radius 2 is 1.71 bits per heavy atom. The van der Waals surface area contributed by atoms with Crippen molar-refractivity contribution in [2.45, 2.75) is 37.1 Å². The average Bonchev–Trinajstić information content (AvgIpc) is 3.45. The Kier molecular flexibility index (Phi) is 6.06. The molecule has 4 rings (SSSR count). The van der Waals surface area contributed by atoms with Gasteiger partial charge in [-0.05, 0) is 55.2 Å². The van der Waals surface area contributed by atoms with Crippen molar-refractivity contribution in [1.82, 2.24) is 9.62 Å². The maximum Gasteiger partial charge on any atom is 0.251 e. The molecule has 2 aromatic carbocycles. The van der Waals surface area contributed by atoms with Crippen LogP contribution in [-0.2, 0) is 21.4 Å². The predicted octanol–water partition coefficient (Wildman–Crippen LogP) is 2.67. The minimum atomic E-state index is -3.96. The molecule has 2 heterocycles. The summed E-state index contributed by atoms with van der Waals surface area (Å²) < 4.78 is 40.9. The summed E-state index contributed by atoms with van der Waals surface area (Å²) in [6, 6.07) is 10.7. The topological polar surface area (TPSA) is 86.8 Å². The van der Waals surface area contributed by atoms with Gasteiger partial charge in [-0.3, -0.25) is 9.59 Å². The van der Waals surface area contributed by atoms with Crippen molar-refractivity contribution in [3.63, 3.8) is 0 Å². The van der Waals surface area contributed by atoms with E-state index in [0.717, 1.165) is 42.6 Å². The van der Waals surface area contributed by atoms with E-state index >= 15 is 0 Å². The lowest BCUT2D eigenvalue weighted by atomic mass is 10.1. The summed E-state index contributed by atoms with van der Waals surface area (Å²) in [5.41, 5.74) is 1.74. The molecule has 2 aliphatic rings. The number of carbonyl (C=O) groups excluding carboxylic acids is 2. The molecule has 0 unspecified atom stereocenters. The summed E-state index contributed by atoms with van der Waals surface area (Å²) in [7, 11) is -3.96. The Morgan fingerprint density at radius 1 is 1.00 bits per heavy atom. The minimum Gasteiger partial charge on any atom is -0.348 e. The molecule has 9 heteroatoms. The van der Waals surface area contributed by atoms with Crippen LogP contribution in [0.25, 0.3) is 0 Å². The summed E-state index contributed by atoms with van der Waals surface area (Å²) in [5.74, 6) is -1.25. The van der Waals surface area contributed by atoms with Crippen LogP contribution in [0.15, 0.2) is 47.4 Å². The van der Waals surface area contributed by atoms with E-state index in [9.17, 15) is 22.4 Å². The fourth-order valence-corrected chi connectivity index (χ4v) is 5.52. The van der Waals surface area contributed by atoms with Crippen LogP contribution in [0.2, 0.25) is 0 Å². The molecule has 0 saturated carbocycles. The Bertz CT molecular complexity index is 1100. The third-order valence-corrected chi connectivity index (χ3v) is 7.56. The SMILES string of the molecule is O=C(NCc1ccc(N2CCCC2=O)cc1)c1ccc(F)c(S(=O)(=O)N2CCCC2)c1. The van der Waals surface area contributed by atoms with Gasteiger partial charge in [0.2, 0.25) is 15.9 Å². The highest BCUT2D eigenvalue weighted by atomic mass is 32.2. The highest BCUT2D eigenvalue weighted by molar-refractivity contribution is 7.89. The number of nitrogens with one attached hydrogen (secondary N) is 1. The smallest absolute Gasteiger partial charge is 0.251 e. The van der Waals surface area contributed by atoms with Crippen molar-refractivity contribution in [3.8, 4) is 0 Å². The van der Waals surface area contributed by atoms with Crippen molar-refractivity contribution >= 4 is 27.5 Å². The molecule has 0 atom stereocenters. The highest BCUT2D eigenvalue weighted by Crippen LogP contribution is 2.25. The van der Waals surface area contributed by atoms with E-state index in [1.54, 1.807) is 4.90 Å². The van der Waals surface area contributed by atoms with Gasteiger partial charge in [0.15, 0.2) is 0 Å². The number of hydrogen-bond donors (Lipinski definition) is 1. The number of benzene rings is 2. The minimum absolute atomic E-state index is 0.0819. The summed E-state index contributed by atoms with van der Waals surface area (Å²) in [5, 5.41) is 2.73. The van der Waals surface area contributed by atoms with Crippen LogP contribution in [-0.4, -0.2) is 44.2 Å². The van der Waals surface area contributed by atoms with Crippen molar-refractivity contribution in [2.24, 2.45) is 0 Å². The van der Waals surface area contributed by atoms with Crippen molar-refractivity contribution in [3.05, 3.63) is 59.4 Å². The van der Waals surface area contributed by atoms with Gasteiger partial charge >= 0.3 is 0 Å². The summed E-state index contributed by atoms with van der Waals surface area (Å²) in [6.45, 7) is 1.65. The summed E-state index contributed by atoms with van der Waals surface area (Å²) >= 11 is 0. The molecule has 2 aliphatic heterocycles. The van der Waals surface area contributed by atoms with E-state index in [0.29, 0.717) is 26.1 Å². The zero-order chi connectivity index (χ0) is 22.0. The molecule has 0 radical (unpaired) electrons. The number of rotatable bonds is 6. The van der Waals surface area contributed by atoms with E-state index < -0.39 is 26.6 Å². The van der Waals surface area contributed by atoms with E-state index in [1.165, 1.54) is 10.4 Å². The van der Waals surface area contributed by atoms with Gasteiger partial charge in [0.25, 0.3) is 5.91 Å². The molecule has 164 valence electrons. The number of nitrogens with zero attached hydrogens (tertiary/aromatic N) is 2. The lowest BCUT2D eigenvalue weighted by Gasteiger charge is -2.17. The Hall–Kier alpha value is -2.78. The lowest BCUT2D eigenvalue weighted by molar-refractivity contribution is -0.117. The van der Waals surface area contributed by atoms with Gasteiger partial charge in [-0.15, -0.1) is 0 Å². The number of anilines is 1. The van der Waals surface area contributed by atoms with Gasteiger partial charge in [-0.2, -0.15) is 4.31 Å². The molecule has 0 aromatic heterocycles. The van der Waals surface area contributed by atoms with Crippen LogP contribution >= 0.6 is 0 Å². The largest absolute Gasteiger partial charge is 0.348 e. The molecule has 2 amide bonds. The molecule has 31 heavy (non-hydrogen) atoms. The Balaban J connectivity index is 1.43. The van der Waals surface area contributed by atoms with E-state index in [4.69, 9.17) is 0 Å². The van der Waals surface area contributed by atoms with Crippen LogP contribution in [0.4, 0.5) is 10.1 Å². The lowest BCUT2D eigenvalue weighted by Crippen LogP contribution is -2.29. The van der Waals surface area contributed by atoms with Crippen LogP contribution in [0, 0.1) is 5.82 Å². The standard InChI is InChI=1S/C22H24FN3O4S/c23-19-10-7-17(14-20(19)31(29,30)25-11-1-2-12-25)22(28)24-15-16-5-8-18(9-6-16)26-13-3-4-21(26)27/h5-10,14H,1-4,11-13,15H2,(H,24,28). The first kappa shape index (κ1) is 21.5. The molecule has 0 bridgehead atoms. The van der Waals surface area contributed by atoms with Crippen LogP contribution < -0.4 is 10.2 Å². The molecule has 2 aromatic rings. The number of halogens is 1. The quantitative estimate of drug-likeness (QED) is 0.741. The van der Waals surface area contributed by atoms with Gasteiger partial charge < -0.3 is 10.2 Å². The second kappa shape index (κ2) is 8.76. The average molecular weight is 446 g/mol. The van der Waals surface area contributed by atoms with Crippen LogP contribution in [0.5, 0.6) is 0 Å². The van der Waals surface area contributed by atoms with Gasteiger partial charge in [0, 0.05) is 43.9 Å². The first-order valence-electron chi connectivity index (χ1n) is 10.3. The predicted molar refractivity (Wildman–Crippen MR) is 114 cm³/mol. The normalized spacial score (nSPS) is 17.3. The van der Waals surface area contributed by atoms with Gasteiger partial charge in [-0.25, -0.2) is 12.8 Å². The molecule has 2 fully saturated rings. The second-order valence-corrected chi connectivity index (χ2v) is 9.66. The number of carbonyl (C=O) groups is 2. The molecule has 2 saturated heterocycles. The van der Waals surface area contributed by atoms with E-state index in [2.05, 4.69) is 5.32 Å². The maximum atomic E-state index is 14.3. The zero-order valence-electron chi connectivity index (χ0n) is 17.0. The summed E-state index contributed by atoms with van der Waals surface area (Å²) in [4.78, 5) is 25.7. The molecule has 0 aliphatic carbocycles. The zero-order valence-corrected chi connectivity index (χ0v) is 17.8.